The van der Waals surface area contributed by atoms with E-state index in [9.17, 15) is 4.79 Å². The second-order valence-corrected chi connectivity index (χ2v) is 9.12. The van der Waals surface area contributed by atoms with Gasteiger partial charge in [0, 0.05) is 49.0 Å². The highest BCUT2D eigenvalue weighted by atomic mass is 16.6. The van der Waals surface area contributed by atoms with Crippen LogP contribution in [0.25, 0.3) is 10.9 Å². The quantitative estimate of drug-likeness (QED) is 0.515. The molecule has 10 heteroatoms. The molecule has 170 valence electrons. The molecule has 5 rings (SSSR count). The number of methoxy groups -OCH3 is 1. The van der Waals surface area contributed by atoms with Crippen LogP contribution in [0.1, 0.15) is 56.3 Å². The number of aromatic amines is 1. The topological polar surface area (TPSA) is 119 Å². The molecular formula is C22H29N7O3. The van der Waals surface area contributed by atoms with E-state index >= 15 is 0 Å². The Hall–Kier alpha value is -3.14. The van der Waals surface area contributed by atoms with Crippen LogP contribution in [0.4, 0.5) is 16.4 Å². The van der Waals surface area contributed by atoms with E-state index in [2.05, 4.69) is 30.9 Å². The Morgan fingerprint density at radius 2 is 2.22 bits per heavy atom. The molecule has 10 nitrogen and oxygen atoms in total. The molecule has 2 fully saturated rings. The number of carbonyl (C=O) groups is 1. The minimum absolute atomic E-state index is 0.0614. The van der Waals surface area contributed by atoms with Crippen molar-refractivity contribution >= 4 is 28.6 Å². The third kappa shape index (κ3) is 4.14. The van der Waals surface area contributed by atoms with Crippen molar-refractivity contribution in [3.63, 3.8) is 0 Å². The Kier molecular flexibility index (Phi) is 5.24. The summed E-state index contributed by atoms with van der Waals surface area (Å²) in [6.07, 6.45) is 6.04. The lowest BCUT2D eigenvalue weighted by molar-refractivity contribution is 0.0967. The average molecular weight is 440 g/mol. The first-order valence-corrected chi connectivity index (χ1v) is 11.0. The van der Waals surface area contributed by atoms with E-state index in [0.717, 1.165) is 54.4 Å². The maximum absolute atomic E-state index is 12.1. The predicted molar refractivity (Wildman–Crippen MR) is 119 cm³/mol. The molecule has 2 atom stereocenters. The van der Waals surface area contributed by atoms with Crippen molar-refractivity contribution in [2.75, 3.05) is 12.4 Å². The first-order valence-electron chi connectivity index (χ1n) is 11.0. The van der Waals surface area contributed by atoms with Gasteiger partial charge in [-0.15, -0.1) is 0 Å². The van der Waals surface area contributed by atoms with Crippen LogP contribution in [-0.4, -0.2) is 49.8 Å². The van der Waals surface area contributed by atoms with Crippen LogP contribution in [0.15, 0.2) is 18.3 Å². The lowest BCUT2D eigenvalue weighted by Gasteiger charge is -2.16. The lowest BCUT2D eigenvalue weighted by atomic mass is 10.0. The number of fused-ring (bicyclic) bond motifs is 1. The summed E-state index contributed by atoms with van der Waals surface area (Å²) in [5.74, 6) is 1.66. The Morgan fingerprint density at radius 3 is 3.00 bits per heavy atom. The van der Waals surface area contributed by atoms with Crippen LogP contribution < -0.4 is 10.6 Å². The SMILES string of the molecule is COCc1nn(C)c2c(Nc3cc([C@H]4CC[C@@H](OC(=O)NC5(C)CC5)C4)[nH]n3)nccc12. The van der Waals surface area contributed by atoms with Crippen LogP contribution in [-0.2, 0) is 23.1 Å². The van der Waals surface area contributed by atoms with Crippen LogP contribution in [0.3, 0.4) is 0 Å². The van der Waals surface area contributed by atoms with E-state index in [0.29, 0.717) is 18.2 Å². The summed E-state index contributed by atoms with van der Waals surface area (Å²) < 4.78 is 12.7. The summed E-state index contributed by atoms with van der Waals surface area (Å²) in [6.45, 7) is 2.49. The molecule has 1 amide bonds. The lowest BCUT2D eigenvalue weighted by Crippen LogP contribution is -2.36. The van der Waals surface area contributed by atoms with Gasteiger partial charge in [0.15, 0.2) is 11.6 Å². The van der Waals surface area contributed by atoms with E-state index in [1.165, 1.54) is 0 Å². The van der Waals surface area contributed by atoms with Crippen molar-refractivity contribution in [2.24, 2.45) is 7.05 Å². The van der Waals surface area contributed by atoms with Crippen molar-refractivity contribution in [1.82, 2.24) is 30.3 Å². The first kappa shape index (κ1) is 20.7. The van der Waals surface area contributed by atoms with E-state index in [-0.39, 0.29) is 23.7 Å². The first-order chi connectivity index (χ1) is 15.4. The van der Waals surface area contributed by atoms with Crippen LogP contribution in [0.2, 0.25) is 0 Å². The van der Waals surface area contributed by atoms with Crippen molar-refractivity contribution in [3.8, 4) is 0 Å². The van der Waals surface area contributed by atoms with Gasteiger partial charge in [-0.25, -0.2) is 9.78 Å². The number of ether oxygens (including phenoxy) is 2. The zero-order valence-corrected chi connectivity index (χ0v) is 18.6. The number of anilines is 2. The molecule has 32 heavy (non-hydrogen) atoms. The van der Waals surface area contributed by atoms with Gasteiger partial charge in [0.1, 0.15) is 11.6 Å². The smallest absolute Gasteiger partial charge is 0.407 e. The highest BCUT2D eigenvalue weighted by molar-refractivity contribution is 5.91. The second kappa shape index (κ2) is 8.09. The fourth-order valence-corrected chi connectivity index (χ4v) is 4.43. The Labute approximate surface area is 186 Å². The number of amides is 1. The molecule has 0 saturated heterocycles. The largest absolute Gasteiger partial charge is 0.446 e. The third-order valence-electron chi connectivity index (χ3n) is 6.46. The van der Waals surface area contributed by atoms with Crippen LogP contribution in [0, 0.1) is 0 Å². The molecule has 3 heterocycles. The molecule has 2 aliphatic carbocycles. The fourth-order valence-electron chi connectivity index (χ4n) is 4.43. The average Bonchev–Trinajstić information content (AvgIpc) is 3.13. The van der Waals surface area contributed by atoms with Gasteiger partial charge in [-0.3, -0.25) is 9.78 Å². The van der Waals surface area contributed by atoms with Crippen molar-refractivity contribution in [3.05, 3.63) is 29.7 Å². The standard InChI is InChI=1S/C22H29N7O3/c1-22(7-8-22)25-21(30)32-14-5-4-13(10-14)16-11-18(27-26-16)24-20-19-15(6-9-23-20)17(12-31-3)28-29(19)2/h6,9,11,13-14H,4-5,7-8,10,12H2,1-3H3,(H,25,30)(H2,23,24,26,27)/t13-,14+/m0/s1. The number of nitrogens with zero attached hydrogens (tertiary/aromatic N) is 4. The van der Waals surface area contributed by atoms with Gasteiger partial charge < -0.3 is 20.1 Å². The molecule has 0 radical (unpaired) electrons. The summed E-state index contributed by atoms with van der Waals surface area (Å²) in [5.41, 5.74) is 2.74. The van der Waals surface area contributed by atoms with Crippen molar-refractivity contribution < 1.29 is 14.3 Å². The minimum Gasteiger partial charge on any atom is -0.446 e. The van der Waals surface area contributed by atoms with Crippen molar-refractivity contribution in [1.29, 1.82) is 0 Å². The summed E-state index contributed by atoms with van der Waals surface area (Å²) in [6, 6.07) is 3.95. The third-order valence-corrected chi connectivity index (χ3v) is 6.46. The van der Waals surface area contributed by atoms with Gasteiger partial charge in [0.2, 0.25) is 0 Å². The molecule has 2 aliphatic rings. The molecule has 0 spiro atoms. The maximum atomic E-state index is 12.1. The molecule has 0 unspecified atom stereocenters. The predicted octanol–water partition coefficient (Wildman–Crippen LogP) is 3.50. The molecule has 3 N–H and O–H groups in total. The highest BCUT2D eigenvalue weighted by Crippen LogP contribution is 2.37. The van der Waals surface area contributed by atoms with Gasteiger partial charge in [-0.05, 0) is 45.1 Å². The van der Waals surface area contributed by atoms with E-state index in [1.54, 1.807) is 18.0 Å². The number of hydrogen-bond donors (Lipinski definition) is 3. The molecule has 2 saturated carbocycles. The minimum atomic E-state index is -0.300. The second-order valence-electron chi connectivity index (χ2n) is 9.12. The normalized spacial score (nSPS) is 21.6. The van der Waals surface area contributed by atoms with E-state index < -0.39 is 0 Å². The maximum Gasteiger partial charge on any atom is 0.407 e. The Morgan fingerprint density at radius 1 is 1.38 bits per heavy atom. The monoisotopic (exact) mass is 439 g/mol. The number of carbonyl (C=O) groups excluding carboxylic acids is 1. The number of alkyl carbamates (subject to hydrolysis) is 1. The molecular weight excluding hydrogens is 410 g/mol. The van der Waals surface area contributed by atoms with E-state index in [1.807, 2.05) is 26.1 Å². The van der Waals surface area contributed by atoms with Gasteiger partial charge >= 0.3 is 6.09 Å². The van der Waals surface area contributed by atoms with Crippen LogP contribution in [0.5, 0.6) is 0 Å². The van der Waals surface area contributed by atoms with Gasteiger partial charge in [0.25, 0.3) is 0 Å². The summed E-state index contributed by atoms with van der Waals surface area (Å²) >= 11 is 0. The van der Waals surface area contributed by atoms with Gasteiger partial charge in [-0.2, -0.15) is 10.2 Å². The number of rotatable bonds is 7. The number of H-pyrrole nitrogens is 1. The molecule has 3 aromatic heterocycles. The number of aryl methyl sites for hydroxylation is 1. The Bertz CT molecular complexity index is 1130. The molecule has 0 aliphatic heterocycles. The van der Waals surface area contributed by atoms with E-state index in [4.69, 9.17) is 9.47 Å². The van der Waals surface area contributed by atoms with Crippen LogP contribution >= 0.6 is 0 Å². The zero-order chi connectivity index (χ0) is 22.3. The number of nitrogens with one attached hydrogen (secondary N) is 3. The Balaban J connectivity index is 1.24. The zero-order valence-electron chi connectivity index (χ0n) is 18.6. The van der Waals surface area contributed by atoms with Gasteiger partial charge in [-0.1, -0.05) is 0 Å². The molecule has 0 aromatic carbocycles. The highest BCUT2D eigenvalue weighted by Gasteiger charge is 2.40. The number of aromatic nitrogens is 5. The number of hydrogen-bond acceptors (Lipinski definition) is 7. The number of pyridine rings is 1. The molecule has 3 aromatic rings. The summed E-state index contributed by atoms with van der Waals surface area (Å²) in [4.78, 5) is 16.6. The summed E-state index contributed by atoms with van der Waals surface area (Å²) in [7, 11) is 3.55. The van der Waals surface area contributed by atoms with Crippen molar-refractivity contribution in [2.45, 2.75) is 63.2 Å². The molecule has 0 bridgehead atoms. The van der Waals surface area contributed by atoms with Gasteiger partial charge in [0.05, 0.1) is 12.3 Å². The summed E-state index contributed by atoms with van der Waals surface area (Å²) in [5, 5.41) is 19.4. The fraction of sp³-hybridized carbons (Fsp3) is 0.545.